The molecule has 200 valence electrons. The number of hydrogen-bond donors (Lipinski definition) is 2. The molecule has 0 unspecified atom stereocenters. The van der Waals surface area contributed by atoms with E-state index in [-0.39, 0.29) is 24.5 Å². The Hall–Kier alpha value is -2.16. The van der Waals surface area contributed by atoms with Crippen LogP contribution in [-0.2, 0) is 14.3 Å². The molecule has 0 saturated heterocycles. The summed E-state index contributed by atoms with van der Waals surface area (Å²) in [5, 5.41) is 24.2. The molecular weight excluding hydrogens is 481 g/mol. The number of aliphatic hydroxyl groups is 2. The summed E-state index contributed by atoms with van der Waals surface area (Å²) >= 11 is 1.44. The number of rotatable bonds is 4. The normalized spacial score (nSPS) is 30.8. The van der Waals surface area contributed by atoms with Gasteiger partial charge in [-0.15, -0.1) is 11.3 Å². The molecule has 36 heavy (non-hydrogen) atoms. The van der Waals surface area contributed by atoms with Gasteiger partial charge in [0.1, 0.15) is 23.6 Å². The molecule has 1 aliphatic rings. The van der Waals surface area contributed by atoms with Crippen LogP contribution < -0.4 is 0 Å². The highest BCUT2D eigenvalue weighted by Gasteiger charge is 2.42. The van der Waals surface area contributed by atoms with Gasteiger partial charge in [-0.3, -0.25) is 9.59 Å². The van der Waals surface area contributed by atoms with Crippen molar-refractivity contribution in [1.29, 1.82) is 0 Å². The summed E-state index contributed by atoms with van der Waals surface area (Å²) < 4.78 is 19.5. The van der Waals surface area contributed by atoms with E-state index < -0.39 is 42.3 Å². The first-order valence-corrected chi connectivity index (χ1v) is 13.4. The minimum absolute atomic E-state index is 0.174. The number of alkyl halides is 1. The van der Waals surface area contributed by atoms with Crippen molar-refractivity contribution in [3.8, 4) is 0 Å². The Balaban J connectivity index is 2.38. The molecule has 0 bridgehead atoms. The molecule has 2 heterocycles. The lowest BCUT2D eigenvalue weighted by atomic mass is 9.73. The molecule has 8 heteroatoms. The van der Waals surface area contributed by atoms with E-state index in [1.807, 2.05) is 25.3 Å². The molecule has 0 saturated carbocycles. The van der Waals surface area contributed by atoms with Gasteiger partial charge in [-0.25, -0.2) is 9.37 Å². The molecule has 0 radical (unpaired) electrons. The van der Waals surface area contributed by atoms with Gasteiger partial charge in [-0.05, 0) is 55.4 Å². The lowest BCUT2D eigenvalue weighted by molar-refractivity contribution is -0.154. The number of halogens is 1. The summed E-state index contributed by atoms with van der Waals surface area (Å²) in [6.45, 7) is 11.6. The number of allylic oxidation sites excluding steroid dienone is 1. The van der Waals surface area contributed by atoms with E-state index >= 15 is 0 Å². The fraction of sp³-hybridized carbons (Fsp3) is 0.607. The third-order valence-electron chi connectivity index (χ3n) is 7.16. The Kier molecular flexibility index (Phi) is 11.2. The van der Waals surface area contributed by atoms with Crippen molar-refractivity contribution >= 4 is 35.2 Å². The highest BCUT2D eigenvalue weighted by molar-refractivity contribution is 7.10. The molecule has 0 fully saturated rings. The van der Waals surface area contributed by atoms with Gasteiger partial charge in [0.25, 0.3) is 0 Å². The van der Waals surface area contributed by atoms with Crippen LogP contribution in [-0.4, -0.2) is 51.9 Å². The van der Waals surface area contributed by atoms with E-state index in [0.717, 1.165) is 10.6 Å². The van der Waals surface area contributed by atoms with E-state index in [1.54, 1.807) is 32.9 Å². The Morgan fingerprint density at radius 2 is 2.03 bits per heavy atom. The van der Waals surface area contributed by atoms with Crippen LogP contribution in [0.5, 0.6) is 0 Å². The number of aromatic nitrogens is 1. The van der Waals surface area contributed by atoms with Crippen LogP contribution in [0.3, 0.4) is 0 Å². The number of esters is 1. The van der Waals surface area contributed by atoms with Gasteiger partial charge >= 0.3 is 5.97 Å². The van der Waals surface area contributed by atoms with Gasteiger partial charge in [-0.1, -0.05) is 40.3 Å². The van der Waals surface area contributed by atoms with Gasteiger partial charge < -0.3 is 14.9 Å². The van der Waals surface area contributed by atoms with Crippen molar-refractivity contribution in [1.82, 2.24) is 4.98 Å². The second kappa shape index (κ2) is 13.4. The maximum absolute atomic E-state index is 13.8. The summed E-state index contributed by atoms with van der Waals surface area (Å²) in [5.41, 5.74) is 0.790. The van der Waals surface area contributed by atoms with Crippen molar-refractivity contribution < 1.29 is 28.9 Å². The van der Waals surface area contributed by atoms with Crippen LogP contribution in [0.2, 0.25) is 0 Å². The summed E-state index contributed by atoms with van der Waals surface area (Å²) in [5.74, 6) is -1.86. The molecule has 2 rings (SSSR count). The highest BCUT2D eigenvalue weighted by Crippen LogP contribution is 2.32. The fourth-order valence-corrected chi connectivity index (χ4v) is 5.07. The van der Waals surface area contributed by atoms with Crippen molar-refractivity contribution in [2.75, 3.05) is 6.67 Å². The van der Waals surface area contributed by atoms with Crippen LogP contribution in [0, 0.1) is 17.3 Å². The SMILES string of the molecule is C=Cc1nc(/C=C(\C)[C@@H]2C/C=C(/CF)CCC[C@H](C)[C@H](O)[C@@H](C)C(=O)C(C)(C)[C@@H](O)CC(=O)O2)cs1. The molecule has 0 aliphatic carbocycles. The Labute approximate surface area is 218 Å². The second-order valence-electron chi connectivity index (χ2n) is 10.4. The van der Waals surface area contributed by atoms with Gasteiger partial charge in [0.2, 0.25) is 0 Å². The maximum Gasteiger partial charge on any atom is 0.309 e. The largest absolute Gasteiger partial charge is 0.457 e. The first-order valence-electron chi connectivity index (χ1n) is 12.5. The zero-order valence-corrected chi connectivity index (χ0v) is 22.8. The fourth-order valence-electron chi connectivity index (χ4n) is 4.45. The topological polar surface area (TPSA) is 96.7 Å². The molecule has 1 aromatic rings. The smallest absolute Gasteiger partial charge is 0.309 e. The standard InChI is InChI=1S/C28H40FNO5S/c1-7-24-30-21(16-36-24)13-18(3)22-12-11-20(15-29)10-8-9-17(2)26(33)19(4)27(34)28(5,6)23(31)14-25(32)35-22/h7,11,13,16-17,19,22-23,26,31,33H,1,8-10,12,14-15H2,2-6H3/b18-13+,20-11+/t17-,19+,22-,23-,26-/m0/s1. The maximum atomic E-state index is 13.8. The predicted molar refractivity (Wildman–Crippen MR) is 142 cm³/mol. The van der Waals surface area contributed by atoms with Crippen LogP contribution in [0.4, 0.5) is 4.39 Å². The number of ketones is 1. The summed E-state index contributed by atoms with van der Waals surface area (Å²) in [6, 6.07) is 0. The third-order valence-corrected chi connectivity index (χ3v) is 8.02. The number of cyclic esters (lactones) is 1. The van der Waals surface area contributed by atoms with Gasteiger partial charge in [0, 0.05) is 17.7 Å². The van der Waals surface area contributed by atoms with Crippen LogP contribution in [0.15, 0.2) is 29.2 Å². The van der Waals surface area contributed by atoms with Crippen molar-refractivity contribution in [3.63, 3.8) is 0 Å². The highest BCUT2D eigenvalue weighted by atomic mass is 32.1. The van der Waals surface area contributed by atoms with Gasteiger partial charge in [0.15, 0.2) is 0 Å². The zero-order valence-electron chi connectivity index (χ0n) is 22.0. The Morgan fingerprint density at radius 3 is 2.64 bits per heavy atom. The molecular formula is C28H40FNO5S. The number of nitrogens with zero attached hydrogens (tertiary/aromatic N) is 1. The molecule has 1 aliphatic heterocycles. The van der Waals surface area contributed by atoms with Crippen molar-refractivity contribution in [2.45, 2.75) is 85.0 Å². The predicted octanol–water partition coefficient (Wildman–Crippen LogP) is 5.55. The van der Waals surface area contributed by atoms with Crippen LogP contribution in [0.1, 0.15) is 77.4 Å². The van der Waals surface area contributed by atoms with Crippen LogP contribution in [0.25, 0.3) is 12.2 Å². The lowest BCUT2D eigenvalue weighted by Gasteiger charge is -2.34. The molecule has 5 atom stereocenters. The summed E-state index contributed by atoms with van der Waals surface area (Å²) in [6.07, 6.45) is 4.08. The minimum atomic E-state index is -1.29. The minimum Gasteiger partial charge on any atom is -0.457 e. The number of hydrogen-bond acceptors (Lipinski definition) is 7. The van der Waals surface area contributed by atoms with E-state index in [4.69, 9.17) is 4.74 Å². The van der Waals surface area contributed by atoms with E-state index in [0.29, 0.717) is 30.5 Å². The third kappa shape index (κ3) is 7.92. The first kappa shape index (κ1) is 30.1. The van der Waals surface area contributed by atoms with Crippen molar-refractivity contribution in [2.24, 2.45) is 17.3 Å². The van der Waals surface area contributed by atoms with E-state index in [2.05, 4.69) is 11.6 Å². The van der Waals surface area contributed by atoms with Crippen molar-refractivity contribution in [3.05, 3.63) is 39.9 Å². The van der Waals surface area contributed by atoms with Crippen LogP contribution >= 0.6 is 11.3 Å². The lowest BCUT2D eigenvalue weighted by Crippen LogP contribution is -2.45. The summed E-state index contributed by atoms with van der Waals surface area (Å²) in [4.78, 5) is 30.5. The van der Waals surface area contributed by atoms with Gasteiger partial charge in [0.05, 0.1) is 29.7 Å². The van der Waals surface area contributed by atoms with E-state index in [1.165, 1.54) is 11.3 Å². The average Bonchev–Trinajstić information content (AvgIpc) is 3.30. The van der Waals surface area contributed by atoms with Gasteiger partial charge in [-0.2, -0.15) is 0 Å². The Morgan fingerprint density at radius 1 is 1.33 bits per heavy atom. The molecule has 0 spiro atoms. The second-order valence-corrected chi connectivity index (χ2v) is 11.3. The monoisotopic (exact) mass is 521 g/mol. The number of carbonyl (C=O) groups excluding carboxylic acids is 2. The molecule has 2 N–H and O–H groups in total. The number of carbonyl (C=O) groups is 2. The van der Waals surface area contributed by atoms with E-state index in [9.17, 15) is 24.2 Å². The average molecular weight is 522 g/mol. The number of Topliss-reactive ketones (excluding diaryl/α,β-unsaturated/α-hetero) is 1. The number of ether oxygens (including phenoxy) is 1. The molecule has 0 aromatic carbocycles. The molecule has 0 amide bonds. The summed E-state index contributed by atoms with van der Waals surface area (Å²) in [7, 11) is 0. The quantitative estimate of drug-likeness (QED) is 0.398. The molecule has 1 aromatic heterocycles. The Bertz CT molecular complexity index is 982. The number of aliphatic hydroxyl groups excluding tert-OH is 2. The molecule has 6 nitrogen and oxygen atoms in total. The zero-order chi connectivity index (χ0) is 27.0. The number of thiazole rings is 1. The first-order chi connectivity index (χ1) is 16.9.